The number of aryl methyl sites for hydroxylation is 1. The first-order valence-electron chi connectivity index (χ1n) is 6.08. The van der Waals surface area contributed by atoms with E-state index in [4.69, 9.17) is 5.11 Å². The standard InChI is InChI=1S/C14H18BrNO3/c1-9(2)7-16(8-13(17)18)14(19)11-5-4-10(3)6-12(11)15/h4-6,9H,7-8H2,1-3H3,(H,17,18). The second kappa shape index (κ2) is 6.70. The first-order chi connectivity index (χ1) is 8.81. The van der Waals surface area contributed by atoms with Gasteiger partial charge in [-0.1, -0.05) is 19.9 Å². The van der Waals surface area contributed by atoms with Crippen molar-refractivity contribution in [2.75, 3.05) is 13.1 Å². The molecule has 0 unspecified atom stereocenters. The Hall–Kier alpha value is -1.36. The summed E-state index contributed by atoms with van der Waals surface area (Å²) in [5, 5.41) is 8.90. The predicted octanol–water partition coefficient (Wildman–Crippen LogP) is 2.94. The number of hydrogen-bond donors (Lipinski definition) is 1. The van der Waals surface area contributed by atoms with Crippen LogP contribution in [0, 0.1) is 12.8 Å². The predicted molar refractivity (Wildman–Crippen MR) is 77.3 cm³/mol. The smallest absolute Gasteiger partial charge is 0.323 e. The maximum atomic E-state index is 12.4. The Morgan fingerprint density at radius 1 is 1.37 bits per heavy atom. The van der Waals surface area contributed by atoms with Gasteiger partial charge in [-0.3, -0.25) is 9.59 Å². The molecule has 5 heteroatoms. The second-order valence-corrected chi connectivity index (χ2v) is 5.81. The van der Waals surface area contributed by atoms with Gasteiger partial charge in [0, 0.05) is 11.0 Å². The highest BCUT2D eigenvalue weighted by Crippen LogP contribution is 2.20. The van der Waals surface area contributed by atoms with E-state index in [1.807, 2.05) is 32.9 Å². The van der Waals surface area contributed by atoms with Gasteiger partial charge in [-0.15, -0.1) is 0 Å². The van der Waals surface area contributed by atoms with Crippen LogP contribution >= 0.6 is 15.9 Å². The van der Waals surface area contributed by atoms with Crippen LogP contribution in [-0.2, 0) is 4.79 Å². The van der Waals surface area contributed by atoms with E-state index in [1.54, 1.807) is 6.07 Å². The molecule has 1 amide bonds. The summed E-state index contributed by atoms with van der Waals surface area (Å²) in [6.45, 7) is 5.98. The molecule has 1 rings (SSSR count). The molecule has 0 fully saturated rings. The minimum Gasteiger partial charge on any atom is -0.480 e. The number of aliphatic carboxylic acids is 1. The van der Waals surface area contributed by atoms with Crippen LogP contribution in [0.15, 0.2) is 22.7 Å². The van der Waals surface area contributed by atoms with Crippen molar-refractivity contribution < 1.29 is 14.7 Å². The molecule has 1 aromatic carbocycles. The zero-order chi connectivity index (χ0) is 14.6. The summed E-state index contributed by atoms with van der Waals surface area (Å²) in [4.78, 5) is 24.6. The van der Waals surface area contributed by atoms with Crippen LogP contribution < -0.4 is 0 Å². The van der Waals surface area contributed by atoms with Crippen molar-refractivity contribution >= 4 is 27.8 Å². The van der Waals surface area contributed by atoms with Gasteiger partial charge in [0.05, 0.1) is 5.56 Å². The number of benzene rings is 1. The van der Waals surface area contributed by atoms with E-state index in [-0.39, 0.29) is 18.4 Å². The van der Waals surface area contributed by atoms with Gasteiger partial charge in [-0.2, -0.15) is 0 Å². The third-order valence-electron chi connectivity index (χ3n) is 2.55. The summed E-state index contributed by atoms with van der Waals surface area (Å²) in [7, 11) is 0. The molecule has 0 spiro atoms. The number of hydrogen-bond acceptors (Lipinski definition) is 2. The molecule has 1 N–H and O–H groups in total. The topological polar surface area (TPSA) is 57.6 Å². The molecule has 0 aromatic heterocycles. The van der Waals surface area contributed by atoms with Gasteiger partial charge in [0.1, 0.15) is 6.54 Å². The lowest BCUT2D eigenvalue weighted by Crippen LogP contribution is -2.38. The Kier molecular flexibility index (Phi) is 5.54. The first-order valence-corrected chi connectivity index (χ1v) is 6.87. The van der Waals surface area contributed by atoms with Crippen LogP contribution in [0.4, 0.5) is 0 Å². The Balaban J connectivity index is 3.00. The number of carboxylic acid groups (broad SMARTS) is 1. The fraction of sp³-hybridized carbons (Fsp3) is 0.429. The van der Waals surface area contributed by atoms with Crippen LogP contribution in [0.2, 0.25) is 0 Å². The van der Waals surface area contributed by atoms with Crippen LogP contribution in [-0.4, -0.2) is 35.0 Å². The largest absolute Gasteiger partial charge is 0.480 e. The molecular weight excluding hydrogens is 310 g/mol. The molecule has 1 aromatic rings. The maximum absolute atomic E-state index is 12.4. The molecule has 0 aliphatic carbocycles. The minimum absolute atomic E-state index is 0.215. The van der Waals surface area contributed by atoms with Gasteiger partial charge >= 0.3 is 5.97 Å². The molecule has 0 saturated heterocycles. The molecule has 19 heavy (non-hydrogen) atoms. The van der Waals surface area contributed by atoms with Gasteiger partial charge in [-0.05, 0) is 46.5 Å². The molecule has 0 saturated carbocycles. The third kappa shape index (κ3) is 4.67. The number of halogens is 1. The fourth-order valence-corrected chi connectivity index (χ4v) is 2.45. The number of rotatable bonds is 5. The second-order valence-electron chi connectivity index (χ2n) is 4.96. The van der Waals surface area contributed by atoms with Gasteiger partial charge < -0.3 is 10.0 Å². The average molecular weight is 328 g/mol. The first kappa shape index (κ1) is 15.7. The SMILES string of the molecule is Cc1ccc(C(=O)N(CC(=O)O)CC(C)C)c(Br)c1. The Labute approximate surface area is 121 Å². The Morgan fingerprint density at radius 3 is 2.47 bits per heavy atom. The van der Waals surface area contributed by atoms with Gasteiger partial charge in [0.2, 0.25) is 0 Å². The van der Waals surface area contributed by atoms with E-state index < -0.39 is 5.97 Å². The molecule has 4 nitrogen and oxygen atoms in total. The highest BCUT2D eigenvalue weighted by atomic mass is 79.9. The Bertz CT molecular complexity index is 486. The molecule has 104 valence electrons. The third-order valence-corrected chi connectivity index (χ3v) is 3.21. The summed E-state index contributed by atoms with van der Waals surface area (Å²) in [5.74, 6) is -1.05. The highest BCUT2D eigenvalue weighted by Gasteiger charge is 2.21. The summed E-state index contributed by atoms with van der Waals surface area (Å²) in [5.41, 5.74) is 1.53. The van der Waals surface area contributed by atoms with E-state index in [1.165, 1.54) is 4.90 Å². The molecular formula is C14H18BrNO3. The number of carboxylic acids is 1. The van der Waals surface area contributed by atoms with Crippen LogP contribution in [0.5, 0.6) is 0 Å². The summed E-state index contributed by atoms with van der Waals surface area (Å²) in [6, 6.07) is 5.41. The van der Waals surface area contributed by atoms with Crippen molar-refractivity contribution in [3.8, 4) is 0 Å². The van der Waals surface area contributed by atoms with E-state index in [2.05, 4.69) is 15.9 Å². The molecule has 0 atom stereocenters. The van der Waals surface area contributed by atoms with Crippen molar-refractivity contribution in [2.24, 2.45) is 5.92 Å². The zero-order valence-corrected chi connectivity index (χ0v) is 12.9. The van der Waals surface area contributed by atoms with Crippen molar-refractivity contribution in [1.29, 1.82) is 0 Å². The van der Waals surface area contributed by atoms with E-state index in [9.17, 15) is 9.59 Å². The average Bonchev–Trinajstić information content (AvgIpc) is 2.26. The number of carbonyl (C=O) groups is 2. The highest BCUT2D eigenvalue weighted by molar-refractivity contribution is 9.10. The lowest BCUT2D eigenvalue weighted by molar-refractivity contribution is -0.137. The van der Waals surface area contributed by atoms with Crippen LogP contribution in [0.3, 0.4) is 0 Å². The normalized spacial score (nSPS) is 10.6. The summed E-state index contributed by atoms with van der Waals surface area (Å²) >= 11 is 3.35. The van der Waals surface area contributed by atoms with Crippen molar-refractivity contribution in [3.05, 3.63) is 33.8 Å². The van der Waals surface area contributed by atoms with Crippen LogP contribution in [0.1, 0.15) is 29.8 Å². The monoisotopic (exact) mass is 327 g/mol. The van der Waals surface area contributed by atoms with Crippen molar-refractivity contribution in [2.45, 2.75) is 20.8 Å². The number of nitrogens with zero attached hydrogens (tertiary/aromatic N) is 1. The van der Waals surface area contributed by atoms with E-state index in [0.29, 0.717) is 16.6 Å². The van der Waals surface area contributed by atoms with Crippen molar-refractivity contribution in [1.82, 2.24) is 4.90 Å². The lowest BCUT2D eigenvalue weighted by atomic mass is 10.1. The summed E-state index contributed by atoms with van der Waals surface area (Å²) in [6.07, 6.45) is 0. The maximum Gasteiger partial charge on any atom is 0.323 e. The number of amides is 1. The lowest BCUT2D eigenvalue weighted by Gasteiger charge is -2.23. The van der Waals surface area contributed by atoms with Crippen molar-refractivity contribution in [3.63, 3.8) is 0 Å². The molecule has 0 aliphatic rings. The minimum atomic E-state index is -1.00. The number of carbonyl (C=O) groups excluding carboxylic acids is 1. The fourth-order valence-electron chi connectivity index (χ4n) is 1.79. The zero-order valence-electron chi connectivity index (χ0n) is 11.3. The van der Waals surface area contributed by atoms with Crippen LogP contribution in [0.25, 0.3) is 0 Å². The Morgan fingerprint density at radius 2 is 2.00 bits per heavy atom. The van der Waals surface area contributed by atoms with Gasteiger partial charge in [-0.25, -0.2) is 0 Å². The molecule has 0 radical (unpaired) electrons. The van der Waals surface area contributed by atoms with Gasteiger partial charge in [0.15, 0.2) is 0 Å². The quantitative estimate of drug-likeness (QED) is 0.904. The molecule has 0 bridgehead atoms. The summed E-state index contributed by atoms with van der Waals surface area (Å²) < 4.78 is 0.691. The molecule has 0 aliphatic heterocycles. The molecule has 0 heterocycles. The van der Waals surface area contributed by atoms with E-state index in [0.717, 1.165) is 5.56 Å². The van der Waals surface area contributed by atoms with Gasteiger partial charge in [0.25, 0.3) is 5.91 Å². The van der Waals surface area contributed by atoms with E-state index >= 15 is 0 Å².